The largest absolute Gasteiger partial charge is 0.469 e. The number of benzene rings is 1. The lowest BCUT2D eigenvalue weighted by atomic mass is 10.2. The van der Waals surface area contributed by atoms with E-state index >= 15 is 0 Å². The molecule has 94 valence electrons. The van der Waals surface area contributed by atoms with Gasteiger partial charge in [-0.25, -0.2) is 0 Å². The highest BCUT2D eigenvalue weighted by Crippen LogP contribution is 2.47. The Balaban J connectivity index is 2.58. The third-order valence-corrected chi connectivity index (χ3v) is 3.82. The van der Waals surface area contributed by atoms with Gasteiger partial charge in [0.2, 0.25) is 0 Å². The van der Waals surface area contributed by atoms with Crippen LogP contribution in [0.5, 0.6) is 0 Å². The van der Waals surface area contributed by atoms with Crippen molar-refractivity contribution in [3.05, 3.63) is 35.9 Å². The van der Waals surface area contributed by atoms with Crippen molar-refractivity contribution in [2.45, 2.75) is 6.61 Å². The van der Waals surface area contributed by atoms with Gasteiger partial charge >= 0.3 is 13.6 Å². The molecule has 0 unspecified atom stereocenters. The molecule has 5 nitrogen and oxygen atoms in total. The molecule has 1 rings (SSSR count). The number of esters is 1. The number of methoxy groups -OCH3 is 1. The topological polar surface area (TPSA) is 61.8 Å². The smallest absolute Gasteiger partial charge is 0.341 e. The highest BCUT2D eigenvalue weighted by Gasteiger charge is 2.27. The van der Waals surface area contributed by atoms with Crippen molar-refractivity contribution in [2.75, 3.05) is 20.4 Å². The normalized spacial score (nSPS) is 14.0. The van der Waals surface area contributed by atoms with Crippen LogP contribution in [0.4, 0.5) is 0 Å². The van der Waals surface area contributed by atoms with Crippen LogP contribution in [0.25, 0.3) is 0 Å². The number of carbonyl (C=O) groups is 1. The summed E-state index contributed by atoms with van der Waals surface area (Å²) in [4.78, 5) is 11.0. The van der Waals surface area contributed by atoms with E-state index in [9.17, 15) is 9.36 Å². The predicted molar refractivity (Wildman–Crippen MR) is 62.7 cm³/mol. The minimum atomic E-state index is -3.41. The molecule has 1 aromatic rings. The van der Waals surface area contributed by atoms with Crippen molar-refractivity contribution < 1.29 is 23.1 Å². The highest BCUT2D eigenvalue weighted by atomic mass is 31.2. The maximum absolute atomic E-state index is 12.0. The van der Waals surface area contributed by atoms with Crippen LogP contribution in [0.2, 0.25) is 0 Å². The number of hydrogen-bond acceptors (Lipinski definition) is 5. The van der Waals surface area contributed by atoms with Crippen molar-refractivity contribution in [2.24, 2.45) is 0 Å². The van der Waals surface area contributed by atoms with Gasteiger partial charge in [-0.15, -0.1) is 0 Å². The zero-order valence-electron chi connectivity index (χ0n) is 9.79. The Morgan fingerprint density at radius 3 is 2.41 bits per heavy atom. The Morgan fingerprint density at radius 1 is 1.24 bits per heavy atom. The van der Waals surface area contributed by atoms with E-state index in [0.717, 1.165) is 5.56 Å². The Bertz CT molecular complexity index is 404. The van der Waals surface area contributed by atoms with Crippen LogP contribution in [0.1, 0.15) is 5.56 Å². The minimum Gasteiger partial charge on any atom is -0.469 e. The molecule has 0 aromatic heterocycles. The van der Waals surface area contributed by atoms with E-state index in [1.807, 2.05) is 30.3 Å². The molecule has 1 atom stereocenters. The fraction of sp³-hybridized carbons (Fsp3) is 0.364. The average molecular weight is 258 g/mol. The number of carbonyl (C=O) groups excluding carboxylic acids is 1. The molecule has 0 N–H and O–H groups in total. The van der Waals surface area contributed by atoms with Crippen molar-refractivity contribution in [3.8, 4) is 0 Å². The zero-order valence-corrected chi connectivity index (χ0v) is 10.7. The van der Waals surface area contributed by atoms with E-state index in [2.05, 4.69) is 4.74 Å². The first-order valence-electron chi connectivity index (χ1n) is 5.00. The number of rotatable bonds is 6. The SMILES string of the molecule is COC(=O)C[P@](=O)(OC)OCc1ccccc1. The first-order valence-corrected chi connectivity index (χ1v) is 6.72. The molecule has 17 heavy (non-hydrogen) atoms. The van der Waals surface area contributed by atoms with Crippen LogP contribution in [-0.2, 0) is 29.8 Å². The Hall–Kier alpha value is -1.16. The second-order valence-corrected chi connectivity index (χ2v) is 5.45. The molecule has 1 aromatic carbocycles. The van der Waals surface area contributed by atoms with E-state index in [-0.39, 0.29) is 12.8 Å². The fourth-order valence-electron chi connectivity index (χ4n) is 1.13. The van der Waals surface area contributed by atoms with Gasteiger partial charge in [-0.1, -0.05) is 30.3 Å². The van der Waals surface area contributed by atoms with E-state index in [0.29, 0.717) is 0 Å². The summed E-state index contributed by atoms with van der Waals surface area (Å²) >= 11 is 0. The van der Waals surface area contributed by atoms with Gasteiger partial charge in [0.25, 0.3) is 0 Å². The first-order chi connectivity index (χ1) is 8.09. The fourth-order valence-corrected chi connectivity index (χ4v) is 2.25. The number of ether oxygens (including phenoxy) is 1. The molecule has 0 bridgehead atoms. The van der Waals surface area contributed by atoms with Crippen molar-refractivity contribution >= 4 is 13.6 Å². The van der Waals surface area contributed by atoms with Crippen molar-refractivity contribution in [1.82, 2.24) is 0 Å². The molecule has 0 heterocycles. The third-order valence-electron chi connectivity index (χ3n) is 2.10. The summed E-state index contributed by atoms with van der Waals surface area (Å²) in [6.45, 7) is 0.128. The third kappa shape index (κ3) is 4.69. The molecule has 0 radical (unpaired) electrons. The lowest BCUT2D eigenvalue weighted by Crippen LogP contribution is -2.10. The summed E-state index contributed by atoms with van der Waals surface area (Å²) in [6, 6.07) is 9.22. The average Bonchev–Trinajstić information content (AvgIpc) is 2.37. The molecule has 0 saturated heterocycles. The van der Waals surface area contributed by atoms with Gasteiger partial charge in [-0.05, 0) is 5.56 Å². The second-order valence-electron chi connectivity index (χ2n) is 3.29. The molecule has 0 spiro atoms. The second kappa shape index (κ2) is 6.55. The van der Waals surface area contributed by atoms with Gasteiger partial charge < -0.3 is 13.8 Å². The van der Waals surface area contributed by atoms with Gasteiger partial charge in [0.1, 0.15) is 6.16 Å². The molecule has 0 fully saturated rings. The quantitative estimate of drug-likeness (QED) is 0.578. The van der Waals surface area contributed by atoms with E-state index < -0.39 is 13.6 Å². The summed E-state index contributed by atoms with van der Waals surface area (Å²) in [6.07, 6.45) is -0.382. The first kappa shape index (κ1) is 13.9. The van der Waals surface area contributed by atoms with Gasteiger partial charge in [-0.3, -0.25) is 9.36 Å². The minimum absolute atomic E-state index is 0.128. The van der Waals surface area contributed by atoms with Crippen LogP contribution in [0, 0.1) is 0 Å². The van der Waals surface area contributed by atoms with Crippen molar-refractivity contribution in [1.29, 1.82) is 0 Å². The van der Waals surface area contributed by atoms with Crippen LogP contribution < -0.4 is 0 Å². The summed E-state index contributed by atoms with van der Waals surface area (Å²) < 4.78 is 26.3. The maximum Gasteiger partial charge on any atom is 0.341 e. The van der Waals surface area contributed by atoms with Crippen LogP contribution in [0.15, 0.2) is 30.3 Å². The molecule has 0 aliphatic carbocycles. The molecule has 0 aliphatic heterocycles. The zero-order chi connectivity index (χ0) is 12.7. The molecular weight excluding hydrogens is 243 g/mol. The van der Waals surface area contributed by atoms with Gasteiger partial charge in [0, 0.05) is 7.11 Å². The Labute approximate surface area is 100 Å². The van der Waals surface area contributed by atoms with E-state index in [1.54, 1.807) is 0 Å². The lowest BCUT2D eigenvalue weighted by Gasteiger charge is -2.15. The predicted octanol–water partition coefficient (Wildman–Crippen LogP) is 2.22. The summed E-state index contributed by atoms with van der Waals surface area (Å²) in [5, 5.41) is 0. The lowest BCUT2D eigenvalue weighted by molar-refractivity contribution is -0.137. The highest BCUT2D eigenvalue weighted by molar-refractivity contribution is 7.54. The maximum atomic E-state index is 12.0. The number of hydrogen-bond donors (Lipinski definition) is 0. The molecule has 0 saturated carbocycles. The summed E-state index contributed by atoms with van der Waals surface area (Å²) in [7, 11) is -0.946. The summed E-state index contributed by atoms with van der Waals surface area (Å²) in [5.74, 6) is -0.622. The van der Waals surface area contributed by atoms with E-state index in [1.165, 1.54) is 14.2 Å². The summed E-state index contributed by atoms with van der Waals surface area (Å²) in [5.41, 5.74) is 0.856. The van der Waals surface area contributed by atoms with E-state index in [4.69, 9.17) is 9.05 Å². The Kier molecular flexibility index (Phi) is 5.35. The van der Waals surface area contributed by atoms with Crippen LogP contribution in [0.3, 0.4) is 0 Å². The Morgan fingerprint density at radius 2 is 1.88 bits per heavy atom. The van der Waals surface area contributed by atoms with Gasteiger partial charge in [0.05, 0.1) is 13.7 Å². The van der Waals surface area contributed by atoms with Gasteiger partial charge in [-0.2, -0.15) is 0 Å². The van der Waals surface area contributed by atoms with Crippen LogP contribution in [-0.4, -0.2) is 26.4 Å². The monoisotopic (exact) mass is 258 g/mol. The van der Waals surface area contributed by atoms with Gasteiger partial charge in [0.15, 0.2) is 0 Å². The van der Waals surface area contributed by atoms with Crippen molar-refractivity contribution in [3.63, 3.8) is 0 Å². The molecule has 0 aliphatic rings. The molecule has 0 amide bonds. The molecular formula is C11H15O5P. The van der Waals surface area contributed by atoms with Crippen LogP contribution >= 0.6 is 7.60 Å². The standard InChI is InChI=1S/C11H15O5P/c1-14-11(12)9-17(13,15-2)16-8-10-6-4-3-5-7-10/h3-7H,8-9H2,1-2H3/t17-/m0/s1. The molecule has 6 heteroatoms.